The first kappa shape index (κ1) is 19.4. The highest BCUT2D eigenvalue weighted by Crippen LogP contribution is 2.34. The number of rotatable bonds is 6. The molecule has 1 fully saturated rings. The zero-order valence-corrected chi connectivity index (χ0v) is 17.7. The van der Waals surface area contributed by atoms with Crippen LogP contribution in [0.5, 0.6) is 0 Å². The monoisotopic (exact) mass is 429 g/mol. The summed E-state index contributed by atoms with van der Waals surface area (Å²) in [4.78, 5) is 16.7. The molecule has 31 heavy (non-hydrogen) atoms. The smallest absolute Gasteiger partial charge is 0.230 e. The molecular weight excluding hydrogens is 410 g/mol. The molecule has 1 aliphatic carbocycles. The summed E-state index contributed by atoms with van der Waals surface area (Å²) in [6.45, 7) is 2.08. The first-order valence-electron chi connectivity index (χ1n) is 10.0. The van der Waals surface area contributed by atoms with Gasteiger partial charge in [0.15, 0.2) is 0 Å². The topological polar surface area (TPSA) is 105 Å². The lowest BCUT2D eigenvalue weighted by atomic mass is 10.0. The van der Waals surface area contributed by atoms with E-state index in [9.17, 15) is 4.79 Å². The Labute approximate surface area is 182 Å². The van der Waals surface area contributed by atoms with Crippen LogP contribution in [0.25, 0.3) is 21.3 Å². The summed E-state index contributed by atoms with van der Waals surface area (Å²) in [5.74, 6) is 0.379. The van der Waals surface area contributed by atoms with Crippen LogP contribution >= 0.6 is 11.3 Å². The lowest BCUT2D eigenvalue weighted by Gasteiger charge is -2.06. The van der Waals surface area contributed by atoms with E-state index in [4.69, 9.17) is 9.68 Å². The second-order valence-corrected chi connectivity index (χ2v) is 8.96. The lowest BCUT2D eigenvalue weighted by Crippen LogP contribution is -2.36. The summed E-state index contributed by atoms with van der Waals surface area (Å²) in [6, 6.07) is 16.8. The Kier molecular flexibility index (Phi) is 4.75. The number of aryl methyl sites for hydroxylation is 1. The number of fused-ring (bicyclic) bond motifs is 1. The summed E-state index contributed by atoms with van der Waals surface area (Å²) in [7, 11) is 0. The molecule has 2 heterocycles. The van der Waals surface area contributed by atoms with Crippen molar-refractivity contribution in [2.75, 3.05) is 0 Å². The predicted octanol–water partition coefficient (Wildman–Crippen LogP) is 3.96. The average Bonchev–Trinajstić information content (AvgIpc) is 3.20. The quantitative estimate of drug-likeness (QED) is 0.497. The summed E-state index contributed by atoms with van der Waals surface area (Å²) < 4.78 is 6.72. The molecule has 0 atom stereocenters. The maximum absolute atomic E-state index is 12.1. The molecule has 1 N–H and O–H groups in total. The van der Waals surface area contributed by atoms with Gasteiger partial charge in [-0.25, -0.2) is 4.98 Å². The van der Waals surface area contributed by atoms with Crippen LogP contribution in [0.2, 0.25) is 0 Å². The first-order chi connectivity index (χ1) is 15.0. The highest BCUT2D eigenvalue weighted by atomic mass is 32.1. The Balaban J connectivity index is 1.28. The van der Waals surface area contributed by atoms with Crippen molar-refractivity contribution in [2.45, 2.75) is 38.1 Å². The largest absolute Gasteiger partial charge is 0.424 e. The number of benzene rings is 2. The van der Waals surface area contributed by atoms with Gasteiger partial charge in [0.25, 0.3) is 0 Å². The molecule has 5 rings (SSSR count). The molecule has 0 unspecified atom stereocenters. The van der Waals surface area contributed by atoms with E-state index in [1.807, 2.05) is 6.07 Å². The maximum atomic E-state index is 12.1. The molecule has 2 aromatic carbocycles. The van der Waals surface area contributed by atoms with Gasteiger partial charge in [-0.05, 0) is 43.0 Å². The number of nitriles is 1. The third-order valence-electron chi connectivity index (χ3n) is 5.28. The van der Waals surface area contributed by atoms with Crippen LogP contribution in [0.15, 0.2) is 46.9 Å². The van der Waals surface area contributed by atoms with Crippen LogP contribution in [0.4, 0.5) is 0 Å². The molecule has 0 bridgehead atoms. The van der Waals surface area contributed by atoms with E-state index in [0.29, 0.717) is 25.2 Å². The summed E-state index contributed by atoms with van der Waals surface area (Å²) in [5.41, 5.74) is 3.80. The number of amides is 1. The van der Waals surface area contributed by atoms with Crippen molar-refractivity contribution >= 4 is 27.5 Å². The zero-order chi connectivity index (χ0) is 21.4. The van der Waals surface area contributed by atoms with Gasteiger partial charge in [-0.1, -0.05) is 35.9 Å². The van der Waals surface area contributed by atoms with Crippen molar-refractivity contribution in [1.82, 2.24) is 20.5 Å². The molecule has 8 heteroatoms. The van der Waals surface area contributed by atoms with E-state index in [1.165, 1.54) is 11.1 Å². The van der Waals surface area contributed by atoms with Crippen LogP contribution < -0.4 is 5.32 Å². The number of carbonyl (C=O) groups excluding carboxylic acids is 1. The van der Waals surface area contributed by atoms with E-state index in [1.54, 1.807) is 11.3 Å². The third-order valence-corrected chi connectivity index (χ3v) is 6.30. The van der Waals surface area contributed by atoms with Gasteiger partial charge < -0.3 is 9.73 Å². The molecule has 1 aliphatic rings. The Morgan fingerprint density at radius 1 is 1.16 bits per heavy atom. The number of hydrogen-bond acceptors (Lipinski definition) is 7. The first-order valence-corrected chi connectivity index (χ1v) is 10.8. The second-order valence-electron chi connectivity index (χ2n) is 7.84. The third kappa shape index (κ3) is 4.18. The number of aromatic nitrogens is 3. The maximum Gasteiger partial charge on any atom is 0.230 e. The van der Waals surface area contributed by atoms with Gasteiger partial charge in [-0.15, -0.1) is 21.5 Å². The molecule has 0 spiro atoms. The fourth-order valence-corrected chi connectivity index (χ4v) is 4.37. The van der Waals surface area contributed by atoms with Gasteiger partial charge in [0.05, 0.1) is 22.7 Å². The Bertz CT molecular complexity index is 1310. The van der Waals surface area contributed by atoms with Crippen molar-refractivity contribution in [1.29, 1.82) is 5.26 Å². The van der Waals surface area contributed by atoms with Gasteiger partial charge in [-0.3, -0.25) is 4.79 Å². The van der Waals surface area contributed by atoms with Crippen LogP contribution in [0.3, 0.4) is 0 Å². The van der Waals surface area contributed by atoms with Crippen LogP contribution in [0, 0.1) is 18.3 Å². The standard InChI is InChI=1S/C23H19N5O2S/c1-14-2-4-15(5-3-14)16-6-7-17-18(10-16)31-22(25-17)12-21-28-27-20(30-21)11-19(29)26-23(13-24)8-9-23/h2-7,10H,8-9,11-12H2,1H3,(H,26,29). The van der Waals surface area contributed by atoms with E-state index in [-0.39, 0.29) is 18.2 Å². The van der Waals surface area contributed by atoms with Crippen molar-refractivity contribution < 1.29 is 9.21 Å². The molecule has 2 aromatic heterocycles. The average molecular weight is 430 g/mol. The minimum absolute atomic E-state index is 0.0316. The molecule has 4 aromatic rings. The molecule has 0 aliphatic heterocycles. The molecule has 0 saturated heterocycles. The zero-order valence-electron chi connectivity index (χ0n) is 16.9. The molecule has 1 amide bonds. The molecule has 7 nitrogen and oxygen atoms in total. The lowest BCUT2D eigenvalue weighted by molar-refractivity contribution is -0.121. The van der Waals surface area contributed by atoms with Gasteiger partial charge in [-0.2, -0.15) is 5.26 Å². The van der Waals surface area contributed by atoms with Crippen LogP contribution in [-0.4, -0.2) is 26.6 Å². The highest BCUT2D eigenvalue weighted by molar-refractivity contribution is 7.18. The fraction of sp³-hybridized carbons (Fsp3) is 0.261. The Morgan fingerprint density at radius 2 is 1.90 bits per heavy atom. The van der Waals surface area contributed by atoms with Crippen molar-refractivity contribution in [2.24, 2.45) is 0 Å². The number of thiazole rings is 1. The SMILES string of the molecule is Cc1ccc(-c2ccc3nc(Cc4nnc(CC(=O)NC5(C#N)CC5)o4)sc3c2)cc1. The van der Waals surface area contributed by atoms with Crippen molar-refractivity contribution in [3.05, 3.63) is 64.8 Å². The summed E-state index contributed by atoms with van der Waals surface area (Å²) in [5, 5.41) is 20.7. The summed E-state index contributed by atoms with van der Waals surface area (Å²) in [6.07, 6.45) is 1.76. The van der Waals surface area contributed by atoms with E-state index in [2.05, 4.69) is 69.9 Å². The van der Waals surface area contributed by atoms with Gasteiger partial charge >= 0.3 is 0 Å². The van der Waals surface area contributed by atoms with Gasteiger partial charge in [0.1, 0.15) is 17.0 Å². The van der Waals surface area contributed by atoms with Crippen molar-refractivity contribution in [3.63, 3.8) is 0 Å². The number of nitrogens with zero attached hydrogens (tertiary/aromatic N) is 4. The number of nitrogens with one attached hydrogen (secondary N) is 1. The minimum atomic E-state index is -0.696. The van der Waals surface area contributed by atoms with Gasteiger partial charge in [0.2, 0.25) is 17.7 Å². The van der Waals surface area contributed by atoms with E-state index < -0.39 is 5.54 Å². The highest BCUT2D eigenvalue weighted by Gasteiger charge is 2.44. The number of carbonyl (C=O) groups is 1. The molecule has 0 radical (unpaired) electrons. The normalized spacial score (nSPS) is 14.3. The van der Waals surface area contributed by atoms with Gasteiger partial charge in [0, 0.05) is 0 Å². The molecule has 1 saturated carbocycles. The summed E-state index contributed by atoms with van der Waals surface area (Å²) >= 11 is 1.59. The Hall–Kier alpha value is -3.57. The second kappa shape index (κ2) is 7.60. The number of hydrogen-bond donors (Lipinski definition) is 1. The Morgan fingerprint density at radius 3 is 2.65 bits per heavy atom. The fourth-order valence-electron chi connectivity index (χ4n) is 3.37. The predicted molar refractivity (Wildman–Crippen MR) is 116 cm³/mol. The van der Waals surface area contributed by atoms with Crippen molar-refractivity contribution in [3.8, 4) is 17.2 Å². The minimum Gasteiger partial charge on any atom is -0.424 e. The van der Waals surface area contributed by atoms with Crippen LogP contribution in [-0.2, 0) is 17.6 Å². The molecular formula is C23H19N5O2S. The molecule has 154 valence electrons. The van der Waals surface area contributed by atoms with Crippen LogP contribution in [0.1, 0.15) is 35.2 Å². The van der Waals surface area contributed by atoms with E-state index in [0.717, 1.165) is 20.8 Å². The van der Waals surface area contributed by atoms with E-state index >= 15 is 0 Å².